The van der Waals surface area contributed by atoms with Gasteiger partial charge in [-0.25, -0.2) is 0 Å². The summed E-state index contributed by atoms with van der Waals surface area (Å²) in [5, 5.41) is 0. The molecule has 0 saturated carbocycles. The number of carbonyl (C=O) groups is 2. The van der Waals surface area contributed by atoms with Crippen LogP contribution in [0.25, 0.3) is 0 Å². The van der Waals surface area contributed by atoms with Gasteiger partial charge in [-0.05, 0) is 20.3 Å². The first-order valence-corrected chi connectivity index (χ1v) is 6.60. The molecular formula is C15H22O5. The smallest absolute Gasteiger partial charge is 0.310 e. The second-order valence-electron chi connectivity index (χ2n) is 5.00. The molecule has 1 unspecified atom stereocenters. The zero-order valence-electron chi connectivity index (χ0n) is 12.9. The van der Waals surface area contributed by atoms with Crippen LogP contribution in [0.15, 0.2) is 23.2 Å². The summed E-state index contributed by atoms with van der Waals surface area (Å²) < 4.78 is 16.1. The van der Waals surface area contributed by atoms with Crippen LogP contribution in [0.3, 0.4) is 0 Å². The van der Waals surface area contributed by atoms with E-state index >= 15 is 0 Å². The van der Waals surface area contributed by atoms with Crippen molar-refractivity contribution in [3.05, 3.63) is 23.2 Å². The van der Waals surface area contributed by atoms with Gasteiger partial charge in [0.25, 0.3) is 0 Å². The molecule has 1 rings (SSSR count). The quantitative estimate of drug-likeness (QED) is 0.724. The lowest BCUT2D eigenvalue weighted by atomic mass is 9.89. The van der Waals surface area contributed by atoms with Crippen LogP contribution in [0.1, 0.15) is 34.1 Å². The van der Waals surface area contributed by atoms with Crippen LogP contribution in [0.2, 0.25) is 0 Å². The molecule has 112 valence electrons. The number of rotatable bonds is 5. The molecule has 20 heavy (non-hydrogen) atoms. The highest BCUT2D eigenvalue weighted by molar-refractivity contribution is 6.06. The molecule has 0 aromatic heterocycles. The SMILES string of the molecule is CCC(C)C(=O)O[C@]1(C)C(OC)=CC(=O)C(C)=C1OC. The Morgan fingerprint density at radius 1 is 1.35 bits per heavy atom. The molecule has 0 aliphatic heterocycles. The monoisotopic (exact) mass is 282 g/mol. The molecule has 0 amide bonds. The number of ether oxygens (including phenoxy) is 3. The standard InChI is InChI=1S/C15H22O5/c1-7-9(2)14(17)20-15(4)12(18-5)8-11(16)10(3)13(15)19-6/h8-9H,7H2,1-6H3/t9?,15-/m1/s1. The highest BCUT2D eigenvalue weighted by Gasteiger charge is 2.46. The predicted octanol–water partition coefficient (Wildman–Crippen LogP) is 2.37. The van der Waals surface area contributed by atoms with E-state index in [-0.39, 0.29) is 23.4 Å². The number of hydrogen-bond donors (Lipinski definition) is 0. The molecule has 0 aromatic carbocycles. The van der Waals surface area contributed by atoms with Gasteiger partial charge < -0.3 is 14.2 Å². The first-order chi connectivity index (χ1) is 9.31. The maximum Gasteiger partial charge on any atom is 0.310 e. The molecule has 0 N–H and O–H groups in total. The van der Waals surface area contributed by atoms with E-state index < -0.39 is 5.60 Å². The zero-order chi connectivity index (χ0) is 15.5. The van der Waals surface area contributed by atoms with Crippen LogP contribution in [0, 0.1) is 5.92 Å². The Balaban J connectivity index is 3.23. The minimum Gasteiger partial charge on any atom is -0.496 e. The van der Waals surface area contributed by atoms with Crippen LogP contribution >= 0.6 is 0 Å². The van der Waals surface area contributed by atoms with Gasteiger partial charge in [0.15, 0.2) is 17.3 Å². The summed E-state index contributed by atoms with van der Waals surface area (Å²) in [5.41, 5.74) is -0.796. The van der Waals surface area contributed by atoms with E-state index in [0.717, 1.165) is 0 Å². The van der Waals surface area contributed by atoms with Crippen LogP contribution in [-0.2, 0) is 23.8 Å². The molecule has 1 aliphatic carbocycles. The molecular weight excluding hydrogens is 260 g/mol. The summed E-state index contributed by atoms with van der Waals surface area (Å²) in [6.07, 6.45) is 2.01. The average molecular weight is 282 g/mol. The predicted molar refractivity (Wildman–Crippen MR) is 73.8 cm³/mol. The van der Waals surface area contributed by atoms with E-state index in [0.29, 0.717) is 17.8 Å². The van der Waals surface area contributed by atoms with Crippen molar-refractivity contribution in [2.45, 2.75) is 39.7 Å². The topological polar surface area (TPSA) is 61.8 Å². The van der Waals surface area contributed by atoms with Gasteiger partial charge in [-0.2, -0.15) is 0 Å². The molecule has 5 heteroatoms. The van der Waals surface area contributed by atoms with E-state index in [4.69, 9.17) is 14.2 Å². The molecule has 0 saturated heterocycles. The lowest BCUT2D eigenvalue weighted by Gasteiger charge is -2.35. The summed E-state index contributed by atoms with van der Waals surface area (Å²) in [6.45, 7) is 7.00. The first-order valence-electron chi connectivity index (χ1n) is 6.60. The van der Waals surface area contributed by atoms with Crippen LogP contribution < -0.4 is 0 Å². The number of allylic oxidation sites excluding steroid dienone is 2. The fourth-order valence-corrected chi connectivity index (χ4v) is 2.11. The normalized spacial score (nSPS) is 24.1. The van der Waals surface area contributed by atoms with Crippen molar-refractivity contribution >= 4 is 11.8 Å². The van der Waals surface area contributed by atoms with Crippen LogP contribution in [-0.4, -0.2) is 31.6 Å². The van der Waals surface area contributed by atoms with Gasteiger partial charge in [-0.3, -0.25) is 9.59 Å². The number of ketones is 1. The second-order valence-corrected chi connectivity index (χ2v) is 5.00. The maximum atomic E-state index is 12.1. The average Bonchev–Trinajstić information content (AvgIpc) is 2.42. The summed E-state index contributed by atoms with van der Waals surface area (Å²) in [5.74, 6) is -0.230. The third-order valence-electron chi connectivity index (χ3n) is 3.62. The molecule has 0 spiro atoms. The van der Waals surface area contributed by atoms with Gasteiger partial charge in [-0.1, -0.05) is 13.8 Å². The number of carbonyl (C=O) groups excluding carboxylic acids is 2. The van der Waals surface area contributed by atoms with E-state index in [1.54, 1.807) is 20.8 Å². The van der Waals surface area contributed by atoms with Gasteiger partial charge in [0.05, 0.1) is 20.1 Å². The van der Waals surface area contributed by atoms with Crippen LogP contribution in [0.5, 0.6) is 0 Å². The Bertz CT molecular complexity index is 475. The van der Waals surface area contributed by atoms with Crippen molar-refractivity contribution in [2.75, 3.05) is 14.2 Å². The van der Waals surface area contributed by atoms with Gasteiger partial charge in [0.2, 0.25) is 5.60 Å². The lowest BCUT2D eigenvalue weighted by molar-refractivity contribution is -0.162. The Morgan fingerprint density at radius 2 is 1.95 bits per heavy atom. The Hall–Kier alpha value is -1.78. The summed E-state index contributed by atoms with van der Waals surface area (Å²) in [6, 6.07) is 0. The van der Waals surface area contributed by atoms with Gasteiger partial charge in [0.1, 0.15) is 0 Å². The number of methoxy groups -OCH3 is 2. The molecule has 1 aliphatic rings. The van der Waals surface area contributed by atoms with Crippen molar-refractivity contribution in [1.29, 1.82) is 0 Å². The van der Waals surface area contributed by atoms with Gasteiger partial charge >= 0.3 is 5.97 Å². The molecule has 0 radical (unpaired) electrons. The summed E-state index contributed by atoms with van der Waals surface area (Å²) in [7, 11) is 2.88. The minimum atomic E-state index is -1.21. The molecule has 0 bridgehead atoms. The highest BCUT2D eigenvalue weighted by Crippen LogP contribution is 2.37. The van der Waals surface area contributed by atoms with Crippen molar-refractivity contribution in [3.63, 3.8) is 0 Å². The highest BCUT2D eigenvalue weighted by atomic mass is 16.6. The third-order valence-corrected chi connectivity index (χ3v) is 3.62. The minimum absolute atomic E-state index is 0.212. The molecule has 5 nitrogen and oxygen atoms in total. The fourth-order valence-electron chi connectivity index (χ4n) is 2.11. The van der Waals surface area contributed by atoms with E-state index in [9.17, 15) is 9.59 Å². The van der Waals surface area contributed by atoms with Crippen molar-refractivity contribution < 1.29 is 23.8 Å². The van der Waals surface area contributed by atoms with Crippen molar-refractivity contribution in [3.8, 4) is 0 Å². The van der Waals surface area contributed by atoms with Crippen LogP contribution in [0.4, 0.5) is 0 Å². The van der Waals surface area contributed by atoms with E-state index in [1.807, 2.05) is 6.92 Å². The molecule has 0 heterocycles. The molecule has 0 aromatic rings. The summed E-state index contributed by atoms with van der Waals surface area (Å²) >= 11 is 0. The number of hydrogen-bond acceptors (Lipinski definition) is 5. The third kappa shape index (κ3) is 2.71. The Morgan fingerprint density at radius 3 is 2.40 bits per heavy atom. The zero-order valence-corrected chi connectivity index (χ0v) is 12.9. The lowest BCUT2D eigenvalue weighted by Crippen LogP contribution is -2.42. The first kappa shape index (κ1) is 16.3. The maximum absolute atomic E-state index is 12.1. The van der Waals surface area contributed by atoms with E-state index in [1.165, 1.54) is 20.3 Å². The van der Waals surface area contributed by atoms with Crippen molar-refractivity contribution in [1.82, 2.24) is 0 Å². The fraction of sp³-hybridized carbons (Fsp3) is 0.600. The number of esters is 1. The Kier molecular flexibility index (Phi) is 4.98. The largest absolute Gasteiger partial charge is 0.496 e. The van der Waals surface area contributed by atoms with Gasteiger partial charge in [0, 0.05) is 11.6 Å². The molecule has 0 fully saturated rings. The van der Waals surface area contributed by atoms with Gasteiger partial charge in [-0.15, -0.1) is 0 Å². The van der Waals surface area contributed by atoms with E-state index in [2.05, 4.69) is 0 Å². The Labute approximate surface area is 119 Å². The molecule has 2 atom stereocenters. The van der Waals surface area contributed by atoms with Crippen molar-refractivity contribution in [2.24, 2.45) is 5.92 Å². The summed E-state index contributed by atoms with van der Waals surface area (Å²) in [4.78, 5) is 24.0. The second kappa shape index (κ2) is 6.11.